The van der Waals surface area contributed by atoms with Crippen LogP contribution in [0, 0.1) is 5.92 Å². The van der Waals surface area contributed by atoms with Crippen molar-refractivity contribution in [2.75, 3.05) is 12.4 Å². The van der Waals surface area contributed by atoms with Crippen molar-refractivity contribution in [2.45, 2.75) is 38.3 Å². The van der Waals surface area contributed by atoms with Gasteiger partial charge in [-0.15, -0.1) is 12.4 Å². The summed E-state index contributed by atoms with van der Waals surface area (Å²) in [4.78, 5) is 16.7. The molecule has 1 aliphatic carbocycles. The third kappa shape index (κ3) is 4.20. The van der Waals surface area contributed by atoms with Crippen LogP contribution < -0.4 is 11.1 Å². The molecule has 0 saturated heterocycles. The maximum Gasteiger partial charge on any atom is 0.226 e. The first-order valence-corrected chi connectivity index (χ1v) is 8.42. The number of anilines is 1. The van der Waals surface area contributed by atoms with Crippen LogP contribution in [-0.4, -0.2) is 24.0 Å². The summed E-state index contributed by atoms with van der Waals surface area (Å²) in [6.07, 6.45) is 3.69. The van der Waals surface area contributed by atoms with Crippen molar-refractivity contribution in [3.05, 3.63) is 23.8 Å². The molecule has 126 valence electrons. The summed E-state index contributed by atoms with van der Waals surface area (Å²) in [6, 6.07) is 6.15. The molecule has 1 aliphatic rings. The molecule has 1 aromatic carbocycles. The van der Waals surface area contributed by atoms with E-state index in [4.69, 9.17) is 10.5 Å². The summed E-state index contributed by atoms with van der Waals surface area (Å²) in [5.41, 5.74) is 7.97. The third-order valence-corrected chi connectivity index (χ3v) is 5.15. The highest BCUT2D eigenvalue weighted by molar-refractivity contribution is 7.22. The number of fused-ring (bicyclic) bond motifs is 1. The number of amides is 1. The molecule has 3 rings (SSSR count). The van der Waals surface area contributed by atoms with E-state index in [0.29, 0.717) is 24.1 Å². The fraction of sp³-hybridized carbons (Fsp3) is 0.500. The molecule has 5 nitrogen and oxygen atoms in total. The number of nitrogens with two attached hydrogens (primary N) is 1. The van der Waals surface area contributed by atoms with E-state index in [1.807, 2.05) is 18.2 Å². The number of ether oxygens (including phenoxy) is 1. The van der Waals surface area contributed by atoms with Crippen LogP contribution in [0.2, 0.25) is 0 Å². The first kappa shape index (κ1) is 18.1. The number of carbonyl (C=O) groups excluding carboxylic acids is 1. The van der Waals surface area contributed by atoms with Crippen molar-refractivity contribution in [3.8, 4) is 0 Å². The Bertz CT molecular complexity index is 676. The summed E-state index contributed by atoms with van der Waals surface area (Å²) in [7, 11) is 1.67. The summed E-state index contributed by atoms with van der Waals surface area (Å²) < 4.78 is 6.25. The highest BCUT2D eigenvalue weighted by Crippen LogP contribution is 2.30. The van der Waals surface area contributed by atoms with Gasteiger partial charge in [0.25, 0.3) is 0 Å². The van der Waals surface area contributed by atoms with Crippen LogP contribution in [0.3, 0.4) is 0 Å². The first-order chi connectivity index (χ1) is 10.7. The number of aromatic nitrogens is 1. The molecule has 1 fully saturated rings. The van der Waals surface area contributed by atoms with Crippen LogP contribution in [0.5, 0.6) is 0 Å². The Hall–Kier alpha value is -1.21. The highest BCUT2D eigenvalue weighted by atomic mass is 35.5. The van der Waals surface area contributed by atoms with Crippen LogP contribution in [0.4, 0.5) is 5.13 Å². The van der Waals surface area contributed by atoms with Gasteiger partial charge in [-0.3, -0.25) is 4.79 Å². The molecule has 1 amide bonds. The zero-order valence-electron chi connectivity index (χ0n) is 13.1. The number of hydrogen-bond donors (Lipinski definition) is 2. The number of carbonyl (C=O) groups is 1. The van der Waals surface area contributed by atoms with Gasteiger partial charge in [-0.05, 0) is 24.8 Å². The monoisotopic (exact) mass is 355 g/mol. The second-order valence-electron chi connectivity index (χ2n) is 5.82. The normalized spacial score (nSPS) is 20.4. The molecule has 7 heteroatoms. The first-order valence-electron chi connectivity index (χ1n) is 7.60. The van der Waals surface area contributed by atoms with Crippen molar-refractivity contribution in [2.24, 2.45) is 11.7 Å². The van der Waals surface area contributed by atoms with E-state index in [1.54, 1.807) is 7.11 Å². The summed E-state index contributed by atoms with van der Waals surface area (Å²) >= 11 is 1.49. The Balaban J connectivity index is 0.00000192. The number of rotatable bonds is 5. The zero-order valence-corrected chi connectivity index (χ0v) is 14.7. The molecule has 0 radical (unpaired) electrons. The van der Waals surface area contributed by atoms with E-state index in [-0.39, 0.29) is 24.4 Å². The Kier molecular flexibility index (Phi) is 6.35. The lowest BCUT2D eigenvalue weighted by Crippen LogP contribution is -2.28. The number of thiazole rings is 1. The smallest absolute Gasteiger partial charge is 0.226 e. The van der Waals surface area contributed by atoms with Crippen LogP contribution in [-0.2, 0) is 16.1 Å². The van der Waals surface area contributed by atoms with E-state index < -0.39 is 0 Å². The van der Waals surface area contributed by atoms with E-state index in [9.17, 15) is 4.79 Å². The Morgan fingerprint density at radius 2 is 2.30 bits per heavy atom. The molecule has 1 heterocycles. The van der Waals surface area contributed by atoms with Gasteiger partial charge in [-0.1, -0.05) is 29.9 Å². The molecule has 2 atom stereocenters. The van der Waals surface area contributed by atoms with Crippen molar-refractivity contribution < 1.29 is 9.53 Å². The average Bonchev–Trinajstić information content (AvgIpc) is 3.06. The topological polar surface area (TPSA) is 77.2 Å². The molecule has 1 aromatic heterocycles. The number of para-hydroxylation sites is 1. The lowest BCUT2D eigenvalue weighted by atomic mass is 10.00. The fourth-order valence-electron chi connectivity index (χ4n) is 3.06. The quantitative estimate of drug-likeness (QED) is 0.862. The molecule has 0 bridgehead atoms. The lowest BCUT2D eigenvalue weighted by Gasteiger charge is -2.13. The maximum absolute atomic E-state index is 12.2. The van der Waals surface area contributed by atoms with Crippen molar-refractivity contribution in [1.29, 1.82) is 0 Å². The third-order valence-electron chi connectivity index (χ3n) is 4.21. The SMILES string of the molecule is COCc1cccc2sc(NC(=O)C[C@@H]3CCC[C@H]3N)nc12.Cl. The molecule has 0 unspecified atom stereocenters. The molecule has 1 saturated carbocycles. The number of methoxy groups -OCH3 is 1. The molecular formula is C16H22ClN3O2S. The number of halogens is 1. The van der Waals surface area contributed by atoms with Gasteiger partial charge in [0.2, 0.25) is 5.91 Å². The largest absolute Gasteiger partial charge is 0.380 e. The van der Waals surface area contributed by atoms with Crippen molar-refractivity contribution in [1.82, 2.24) is 4.98 Å². The van der Waals surface area contributed by atoms with Gasteiger partial charge < -0.3 is 15.8 Å². The molecule has 2 aromatic rings. The van der Waals surface area contributed by atoms with E-state index in [0.717, 1.165) is 35.0 Å². The Morgan fingerprint density at radius 1 is 1.48 bits per heavy atom. The Labute approximate surface area is 146 Å². The van der Waals surface area contributed by atoms with E-state index in [2.05, 4.69) is 10.3 Å². The van der Waals surface area contributed by atoms with Crippen LogP contribution in [0.15, 0.2) is 18.2 Å². The molecule has 0 spiro atoms. The number of nitrogens with zero attached hydrogens (tertiary/aromatic N) is 1. The number of hydrogen-bond acceptors (Lipinski definition) is 5. The second kappa shape index (κ2) is 8.06. The van der Waals surface area contributed by atoms with Crippen molar-refractivity contribution in [3.63, 3.8) is 0 Å². The van der Waals surface area contributed by atoms with Gasteiger partial charge in [0.1, 0.15) is 0 Å². The second-order valence-corrected chi connectivity index (χ2v) is 6.85. The predicted octanol–water partition coefficient (Wildman–Crippen LogP) is 3.32. The predicted molar refractivity (Wildman–Crippen MR) is 96.1 cm³/mol. The fourth-order valence-corrected chi connectivity index (χ4v) is 3.99. The summed E-state index contributed by atoms with van der Waals surface area (Å²) in [6.45, 7) is 0.519. The Morgan fingerprint density at radius 3 is 3.00 bits per heavy atom. The summed E-state index contributed by atoms with van der Waals surface area (Å²) in [5, 5.41) is 3.57. The van der Waals surface area contributed by atoms with Crippen molar-refractivity contribution >= 4 is 45.0 Å². The minimum absolute atomic E-state index is 0. The molecule has 23 heavy (non-hydrogen) atoms. The minimum Gasteiger partial charge on any atom is -0.380 e. The van der Waals surface area contributed by atoms with Gasteiger partial charge in [0.15, 0.2) is 5.13 Å². The van der Waals surface area contributed by atoms with E-state index >= 15 is 0 Å². The minimum atomic E-state index is 0. The van der Waals surface area contributed by atoms with Crippen LogP contribution in [0.25, 0.3) is 10.2 Å². The lowest BCUT2D eigenvalue weighted by molar-refractivity contribution is -0.117. The average molecular weight is 356 g/mol. The maximum atomic E-state index is 12.2. The summed E-state index contributed by atoms with van der Waals surface area (Å²) in [5.74, 6) is 0.313. The van der Waals surface area contributed by atoms with Gasteiger partial charge in [0.05, 0.1) is 16.8 Å². The van der Waals surface area contributed by atoms with Gasteiger partial charge in [-0.25, -0.2) is 4.98 Å². The van der Waals surface area contributed by atoms with Crippen LogP contribution >= 0.6 is 23.7 Å². The van der Waals surface area contributed by atoms with Crippen LogP contribution in [0.1, 0.15) is 31.2 Å². The molecule has 3 N–H and O–H groups in total. The van der Waals surface area contributed by atoms with Gasteiger partial charge in [0, 0.05) is 25.1 Å². The highest BCUT2D eigenvalue weighted by Gasteiger charge is 2.26. The van der Waals surface area contributed by atoms with E-state index in [1.165, 1.54) is 11.3 Å². The standard InChI is InChI=1S/C16H21N3O2S.ClH/c1-21-9-11-5-3-7-13-15(11)19-16(22-13)18-14(20)8-10-4-2-6-12(10)17;/h3,5,7,10,12H,2,4,6,8-9,17H2,1H3,(H,18,19,20);1H/t10-,12+;/m0./s1. The van der Waals surface area contributed by atoms with Gasteiger partial charge in [-0.2, -0.15) is 0 Å². The number of nitrogens with one attached hydrogen (secondary N) is 1. The molecule has 0 aliphatic heterocycles. The number of benzene rings is 1. The van der Waals surface area contributed by atoms with Gasteiger partial charge >= 0.3 is 0 Å². The zero-order chi connectivity index (χ0) is 15.5. The molecular weight excluding hydrogens is 334 g/mol.